The molecular weight excluding hydrogens is 278 g/mol. The SMILES string of the molecule is CC(C)OC(C)(C)CC(C)(C)C(=O)N1CCSC1=S. The molecule has 1 heterocycles. The van der Waals surface area contributed by atoms with E-state index in [1.165, 1.54) is 0 Å². The van der Waals surface area contributed by atoms with Crippen LogP contribution in [0, 0.1) is 5.41 Å². The molecule has 5 heteroatoms. The molecule has 1 fully saturated rings. The fraction of sp³-hybridized carbons (Fsp3) is 0.857. The summed E-state index contributed by atoms with van der Waals surface area (Å²) in [6.45, 7) is 12.8. The van der Waals surface area contributed by atoms with Gasteiger partial charge in [-0.15, -0.1) is 0 Å². The fourth-order valence-electron chi connectivity index (χ4n) is 2.76. The Balaban J connectivity index is 2.74. The lowest BCUT2D eigenvalue weighted by Crippen LogP contribution is -2.45. The van der Waals surface area contributed by atoms with Crippen LogP contribution in [0.5, 0.6) is 0 Å². The molecule has 0 aromatic carbocycles. The van der Waals surface area contributed by atoms with Crippen LogP contribution in [0.1, 0.15) is 48.0 Å². The summed E-state index contributed by atoms with van der Waals surface area (Å²) in [5.41, 5.74) is -0.783. The van der Waals surface area contributed by atoms with E-state index in [0.29, 0.717) is 10.7 Å². The van der Waals surface area contributed by atoms with Crippen molar-refractivity contribution in [2.24, 2.45) is 5.41 Å². The van der Waals surface area contributed by atoms with Crippen molar-refractivity contribution in [3.63, 3.8) is 0 Å². The highest BCUT2D eigenvalue weighted by Crippen LogP contribution is 2.34. The molecule has 110 valence electrons. The second-order valence-corrected chi connectivity index (χ2v) is 8.29. The quantitative estimate of drug-likeness (QED) is 0.727. The third-order valence-electron chi connectivity index (χ3n) is 3.01. The first-order valence-electron chi connectivity index (χ1n) is 6.72. The molecule has 0 aromatic heterocycles. The van der Waals surface area contributed by atoms with Gasteiger partial charge in [-0.3, -0.25) is 9.69 Å². The second-order valence-electron chi connectivity index (χ2n) is 6.56. The van der Waals surface area contributed by atoms with E-state index in [1.54, 1.807) is 16.7 Å². The number of hydrogen-bond acceptors (Lipinski definition) is 4. The van der Waals surface area contributed by atoms with Crippen LogP contribution in [-0.4, -0.2) is 39.1 Å². The topological polar surface area (TPSA) is 29.5 Å². The standard InChI is InChI=1S/C14H25NO2S2/c1-10(2)17-14(5,6)9-13(3,4)11(16)15-7-8-19-12(15)18/h10H,7-9H2,1-6H3. The smallest absolute Gasteiger partial charge is 0.233 e. The van der Waals surface area contributed by atoms with Gasteiger partial charge in [-0.25, -0.2) is 0 Å². The van der Waals surface area contributed by atoms with E-state index in [4.69, 9.17) is 17.0 Å². The van der Waals surface area contributed by atoms with Gasteiger partial charge in [0.2, 0.25) is 5.91 Å². The average Bonchev–Trinajstić information content (AvgIpc) is 2.58. The van der Waals surface area contributed by atoms with Crippen molar-refractivity contribution in [3.8, 4) is 0 Å². The van der Waals surface area contributed by atoms with Gasteiger partial charge in [0.05, 0.1) is 11.7 Å². The first-order chi connectivity index (χ1) is 8.55. The molecular formula is C14H25NO2S2. The number of hydrogen-bond donors (Lipinski definition) is 0. The third-order valence-corrected chi connectivity index (χ3v) is 4.44. The highest BCUT2D eigenvalue weighted by atomic mass is 32.2. The van der Waals surface area contributed by atoms with Gasteiger partial charge in [-0.05, 0) is 34.1 Å². The highest BCUT2D eigenvalue weighted by Gasteiger charge is 2.40. The van der Waals surface area contributed by atoms with Gasteiger partial charge in [0.15, 0.2) is 0 Å². The summed E-state index contributed by atoms with van der Waals surface area (Å²) in [4.78, 5) is 14.4. The number of nitrogens with zero attached hydrogens (tertiary/aromatic N) is 1. The van der Waals surface area contributed by atoms with E-state index >= 15 is 0 Å². The molecule has 3 nitrogen and oxygen atoms in total. The van der Waals surface area contributed by atoms with Gasteiger partial charge in [-0.2, -0.15) is 0 Å². The molecule has 1 aliphatic heterocycles. The molecule has 0 N–H and O–H groups in total. The Hall–Kier alpha value is -0.130. The molecule has 0 spiro atoms. The van der Waals surface area contributed by atoms with Crippen LogP contribution in [0.3, 0.4) is 0 Å². The molecule has 0 saturated carbocycles. The van der Waals surface area contributed by atoms with Crippen molar-refractivity contribution >= 4 is 34.2 Å². The van der Waals surface area contributed by atoms with E-state index in [-0.39, 0.29) is 17.6 Å². The van der Waals surface area contributed by atoms with Crippen molar-refractivity contribution in [2.45, 2.75) is 59.7 Å². The molecule has 0 aromatic rings. The van der Waals surface area contributed by atoms with Gasteiger partial charge in [-0.1, -0.05) is 37.8 Å². The van der Waals surface area contributed by atoms with Gasteiger partial charge in [0.1, 0.15) is 4.32 Å². The molecule has 1 rings (SSSR count). The van der Waals surface area contributed by atoms with E-state index in [0.717, 1.165) is 12.3 Å². The molecule has 1 amide bonds. The second kappa shape index (κ2) is 6.10. The summed E-state index contributed by atoms with van der Waals surface area (Å²) < 4.78 is 6.61. The lowest BCUT2D eigenvalue weighted by molar-refractivity contribution is -0.142. The number of carbonyl (C=O) groups excluding carboxylic acids is 1. The minimum Gasteiger partial charge on any atom is -0.373 e. The molecule has 1 saturated heterocycles. The van der Waals surface area contributed by atoms with Crippen LogP contribution in [0.4, 0.5) is 0 Å². The molecule has 0 bridgehead atoms. The van der Waals surface area contributed by atoms with Crippen molar-refractivity contribution in [2.75, 3.05) is 12.3 Å². The monoisotopic (exact) mass is 303 g/mol. The first kappa shape index (κ1) is 16.9. The molecule has 19 heavy (non-hydrogen) atoms. The molecule has 0 aliphatic carbocycles. The zero-order valence-corrected chi connectivity index (χ0v) is 14.4. The lowest BCUT2D eigenvalue weighted by atomic mass is 9.80. The van der Waals surface area contributed by atoms with Crippen molar-refractivity contribution in [1.82, 2.24) is 4.90 Å². The Kier molecular flexibility index (Phi) is 5.43. The minimum absolute atomic E-state index is 0.114. The van der Waals surface area contributed by atoms with Crippen LogP contribution in [0.15, 0.2) is 0 Å². The van der Waals surface area contributed by atoms with Gasteiger partial charge in [0, 0.05) is 17.7 Å². The van der Waals surface area contributed by atoms with Crippen molar-refractivity contribution in [3.05, 3.63) is 0 Å². The van der Waals surface area contributed by atoms with Crippen LogP contribution < -0.4 is 0 Å². The summed E-state index contributed by atoms with van der Waals surface area (Å²) in [6.07, 6.45) is 0.838. The first-order valence-corrected chi connectivity index (χ1v) is 8.11. The fourth-order valence-corrected chi connectivity index (χ4v) is 3.97. The van der Waals surface area contributed by atoms with Crippen LogP contribution in [-0.2, 0) is 9.53 Å². The van der Waals surface area contributed by atoms with E-state index < -0.39 is 5.41 Å². The molecule has 0 radical (unpaired) electrons. The largest absolute Gasteiger partial charge is 0.373 e. The number of ether oxygens (including phenoxy) is 1. The zero-order chi connectivity index (χ0) is 14.8. The summed E-state index contributed by atoms with van der Waals surface area (Å²) in [5.74, 6) is 1.02. The maximum Gasteiger partial charge on any atom is 0.233 e. The predicted molar refractivity (Wildman–Crippen MR) is 85.5 cm³/mol. The van der Waals surface area contributed by atoms with E-state index in [1.807, 2.05) is 41.5 Å². The molecule has 1 aliphatic rings. The summed E-state index contributed by atoms with van der Waals surface area (Å²) >= 11 is 6.82. The zero-order valence-electron chi connectivity index (χ0n) is 12.8. The van der Waals surface area contributed by atoms with Gasteiger partial charge in [0.25, 0.3) is 0 Å². The maximum atomic E-state index is 12.6. The Labute approximate surface area is 126 Å². The normalized spacial score (nSPS) is 17.4. The third kappa shape index (κ3) is 4.72. The number of amides is 1. The number of rotatable bonds is 5. The van der Waals surface area contributed by atoms with Crippen molar-refractivity contribution < 1.29 is 9.53 Å². The number of thioether (sulfide) groups is 1. The van der Waals surface area contributed by atoms with Crippen LogP contribution in [0.25, 0.3) is 0 Å². The average molecular weight is 303 g/mol. The van der Waals surface area contributed by atoms with Gasteiger partial charge >= 0.3 is 0 Å². The Morgan fingerprint density at radius 3 is 2.42 bits per heavy atom. The van der Waals surface area contributed by atoms with E-state index in [9.17, 15) is 4.79 Å². The van der Waals surface area contributed by atoms with E-state index in [2.05, 4.69) is 0 Å². The molecule has 0 atom stereocenters. The highest BCUT2D eigenvalue weighted by molar-refractivity contribution is 8.23. The summed E-state index contributed by atoms with van der Waals surface area (Å²) in [6, 6.07) is 0. The van der Waals surface area contributed by atoms with Gasteiger partial charge < -0.3 is 4.74 Å². The number of thiocarbonyl (C=S) groups is 1. The maximum absolute atomic E-state index is 12.6. The Morgan fingerprint density at radius 1 is 1.42 bits per heavy atom. The minimum atomic E-state index is -0.465. The summed E-state index contributed by atoms with van der Waals surface area (Å²) in [7, 11) is 0. The molecule has 0 unspecified atom stereocenters. The van der Waals surface area contributed by atoms with Crippen LogP contribution in [0.2, 0.25) is 0 Å². The van der Waals surface area contributed by atoms with Crippen LogP contribution >= 0.6 is 24.0 Å². The summed E-state index contributed by atoms with van der Waals surface area (Å²) in [5, 5.41) is 0. The lowest BCUT2D eigenvalue weighted by Gasteiger charge is -2.37. The number of carbonyl (C=O) groups is 1. The Bertz CT molecular complexity index is 364. The van der Waals surface area contributed by atoms with Crippen molar-refractivity contribution in [1.29, 1.82) is 0 Å². The predicted octanol–water partition coefficient (Wildman–Crippen LogP) is 3.47. The Morgan fingerprint density at radius 2 is 2.00 bits per heavy atom.